The number of tetrazole rings is 1. The molecule has 1 fully saturated rings. The van der Waals surface area contributed by atoms with E-state index in [4.69, 9.17) is 5.73 Å². The molecule has 3 N–H and O–H groups in total. The van der Waals surface area contributed by atoms with E-state index in [9.17, 15) is 4.79 Å². The highest BCUT2D eigenvalue weighted by atomic mass is 35.5. The number of rotatable bonds is 5. The number of carbonyl (C=O) groups excluding carboxylic acids is 1. The van der Waals surface area contributed by atoms with Crippen LogP contribution in [0.15, 0.2) is 17.8 Å². The minimum absolute atomic E-state index is 0. The Labute approximate surface area is 145 Å². The van der Waals surface area contributed by atoms with Crippen LogP contribution in [-0.4, -0.2) is 38.7 Å². The molecule has 126 valence electrons. The average Bonchev–Trinajstić information content (AvgIpc) is 3.23. The van der Waals surface area contributed by atoms with Crippen LogP contribution in [0.4, 0.5) is 0 Å². The van der Waals surface area contributed by atoms with Gasteiger partial charge in [0.05, 0.1) is 5.69 Å². The van der Waals surface area contributed by atoms with Crippen LogP contribution in [0.25, 0.3) is 5.69 Å². The summed E-state index contributed by atoms with van der Waals surface area (Å²) in [6, 6.07) is 1.88. The number of hydrogen-bond acceptors (Lipinski definition) is 6. The largest absolute Gasteiger partial charge is 0.347 e. The van der Waals surface area contributed by atoms with Gasteiger partial charge in [-0.15, -0.1) is 28.8 Å². The quantitative estimate of drug-likeness (QED) is 0.850. The van der Waals surface area contributed by atoms with Crippen LogP contribution in [0.1, 0.15) is 41.8 Å². The van der Waals surface area contributed by atoms with E-state index in [-0.39, 0.29) is 24.4 Å². The summed E-state index contributed by atoms with van der Waals surface area (Å²) in [7, 11) is 0. The molecule has 7 nitrogen and oxygen atoms in total. The molecule has 23 heavy (non-hydrogen) atoms. The van der Waals surface area contributed by atoms with Crippen molar-refractivity contribution in [2.24, 2.45) is 11.7 Å². The van der Waals surface area contributed by atoms with Crippen LogP contribution in [0.3, 0.4) is 0 Å². The van der Waals surface area contributed by atoms with E-state index >= 15 is 0 Å². The summed E-state index contributed by atoms with van der Waals surface area (Å²) in [5.74, 6) is 0.390. The Morgan fingerprint density at radius 2 is 2.22 bits per heavy atom. The first-order valence-electron chi connectivity index (χ1n) is 7.61. The number of amides is 1. The van der Waals surface area contributed by atoms with Crippen LogP contribution in [0, 0.1) is 5.92 Å². The molecule has 2 heterocycles. The Morgan fingerprint density at radius 3 is 2.87 bits per heavy atom. The zero-order valence-electron chi connectivity index (χ0n) is 12.7. The first-order chi connectivity index (χ1) is 10.8. The van der Waals surface area contributed by atoms with Gasteiger partial charge in [0.2, 0.25) is 0 Å². The molecule has 2 aromatic heterocycles. The van der Waals surface area contributed by atoms with E-state index in [1.54, 1.807) is 0 Å². The molecular weight excluding hydrogens is 336 g/mol. The van der Waals surface area contributed by atoms with Crippen molar-refractivity contribution in [1.29, 1.82) is 0 Å². The highest BCUT2D eigenvalue weighted by molar-refractivity contribution is 7.12. The lowest BCUT2D eigenvalue weighted by molar-refractivity contribution is 0.0919. The zero-order valence-corrected chi connectivity index (χ0v) is 14.4. The van der Waals surface area contributed by atoms with E-state index in [1.165, 1.54) is 41.6 Å². The number of nitrogens with one attached hydrogen (secondary N) is 1. The summed E-state index contributed by atoms with van der Waals surface area (Å²) < 4.78 is 1.50. The normalized spacial score (nSPS) is 16.6. The predicted molar refractivity (Wildman–Crippen MR) is 91.2 cm³/mol. The van der Waals surface area contributed by atoms with Gasteiger partial charge in [0.1, 0.15) is 11.2 Å². The van der Waals surface area contributed by atoms with Crippen LogP contribution in [-0.2, 0) is 0 Å². The third kappa shape index (κ3) is 4.07. The fourth-order valence-corrected chi connectivity index (χ4v) is 3.85. The van der Waals surface area contributed by atoms with Gasteiger partial charge in [-0.3, -0.25) is 4.79 Å². The second-order valence-electron chi connectivity index (χ2n) is 5.60. The van der Waals surface area contributed by atoms with Crippen LogP contribution in [0.5, 0.6) is 0 Å². The number of nitrogens with zero attached hydrogens (tertiary/aromatic N) is 4. The van der Waals surface area contributed by atoms with E-state index in [0.29, 0.717) is 23.0 Å². The van der Waals surface area contributed by atoms with Crippen molar-refractivity contribution in [3.63, 3.8) is 0 Å². The van der Waals surface area contributed by atoms with Crippen molar-refractivity contribution >= 4 is 29.7 Å². The minimum Gasteiger partial charge on any atom is -0.347 e. The third-order valence-corrected chi connectivity index (χ3v) is 5.14. The first kappa shape index (κ1) is 17.8. The van der Waals surface area contributed by atoms with Crippen molar-refractivity contribution in [1.82, 2.24) is 25.5 Å². The molecule has 2 aromatic rings. The van der Waals surface area contributed by atoms with Crippen molar-refractivity contribution < 1.29 is 4.79 Å². The summed E-state index contributed by atoms with van der Waals surface area (Å²) in [6.45, 7) is 0.474. The molecule has 0 aromatic carbocycles. The van der Waals surface area contributed by atoms with Gasteiger partial charge in [-0.1, -0.05) is 19.3 Å². The molecule has 0 bridgehead atoms. The molecule has 0 aliphatic heterocycles. The Morgan fingerprint density at radius 1 is 1.43 bits per heavy atom. The number of hydrogen-bond donors (Lipinski definition) is 2. The smallest absolute Gasteiger partial charge is 0.263 e. The molecule has 3 rings (SSSR count). The highest BCUT2D eigenvalue weighted by Gasteiger charge is 2.26. The van der Waals surface area contributed by atoms with Crippen molar-refractivity contribution in [2.75, 3.05) is 6.54 Å². The SMILES string of the molecule is Cl.NCC(NC(=O)c1sccc1-n1cnnn1)C1CCCCC1. The number of aromatic nitrogens is 4. The summed E-state index contributed by atoms with van der Waals surface area (Å²) >= 11 is 1.39. The topological polar surface area (TPSA) is 98.7 Å². The fourth-order valence-electron chi connectivity index (χ4n) is 3.06. The van der Waals surface area contributed by atoms with E-state index in [0.717, 1.165) is 12.8 Å². The van der Waals surface area contributed by atoms with Gasteiger partial charge in [0.15, 0.2) is 0 Å². The van der Waals surface area contributed by atoms with Crippen molar-refractivity contribution in [2.45, 2.75) is 38.1 Å². The van der Waals surface area contributed by atoms with Crippen LogP contribution in [0.2, 0.25) is 0 Å². The van der Waals surface area contributed by atoms with E-state index < -0.39 is 0 Å². The molecule has 1 aliphatic carbocycles. The Balaban J connectivity index is 0.00000192. The van der Waals surface area contributed by atoms with Gasteiger partial charge in [0, 0.05) is 12.6 Å². The van der Waals surface area contributed by atoms with Crippen LogP contribution >= 0.6 is 23.7 Å². The van der Waals surface area contributed by atoms with Gasteiger partial charge >= 0.3 is 0 Å². The molecular formula is C14H21ClN6OS. The van der Waals surface area contributed by atoms with Gasteiger partial charge in [-0.25, -0.2) is 0 Å². The predicted octanol–water partition coefficient (Wildman–Crippen LogP) is 1.78. The fraction of sp³-hybridized carbons (Fsp3) is 0.571. The molecule has 1 aliphatic rings. The summed E-state index contributed by atoms with van der Waals surface area (Å²) in [4.78, 5) is 13.2. The van der Waals surface area contributed by atoms with Gasteiger partial charge in [0.25, 0.3) is 5.91 Å². The number of halogens is 1. The lowest BCUT2D eigenvalue weighted by Gasteiger charge is -2.30. The summed E-state index contributed by atoms with van der Waals surface area (Å²) in [5.41, 5.74) is 6.59. The lowest BCUT2D eigenvalue weighted by Crippen LogP contribution is -2.45. The molecule has 1 amide bonds. The Kier molecular flexibility index (Phi) is 6.49. The van der Waals surface area contributed by atoms with E-state index in [2.05, 4.69) is 20.8 Å². The molecule has 9 heteroatoms. The third-order valence-electron chi connectivity index (χ3n) is 4.24. The van der Waals surface area contributed by atoms with Gasteiger partial charge in [-0.05, 0) is 40.6 Å². The molecule has 1 saturated carbocycles. The second-order valence-corrected chi connectivity index (χ2v) is 6.52. The number of carbonyl (C=O) groups is 1. The van der Waals surface area contributed by atoms with Crippen molar-refractivity contribution in [3.05, 3.63) is 22.7 Å². The van der Waals surface area contributed by atoms with Gasteiger partial charge < -0.3 is 11.1 Å². The molecule has 1 unspecified atom stereocenters. The standard InChI is InChI=1S/C14H20N6OS.ClH/c15-8-11(10-4-2-1-3-5-10)17-14(21)13-12(6-7-22-13)20-9-16-18-19-20;/h6-7,9-11H,1-5,8,15H2,(H,17,21);1H. The maximum Gasteiger partial charge on any atom is 0.263 e. The molecule has 0 radical (unpaired) electrons. The minimum atomic E-state index is -0.0958. The molecule has 0 saturated heterocycles. The van der Waals surface area contributed by atoms with E-state index in [1.807, 2.05) is 11.4 Å². The average molecular weight is 357 g/mol. The maximum atomic E-state index is 12.6. The zero-order chi connectivity index (χ0) is 15.4. The number of nitrogens with two attached hydrogens (primary N) is 1. The lowest BCUT2D eigenvalue weighted by atomic mass is 9.84. The molecule has 0 spiro atoms. The molecule has 1 atom stereocenters. The van der Waals surface area contributed by atoms with Crippen molar-refractivity contribution in [3.8, 4) is 5.69 Å². The summed E-state index contributed by atoms with van der Waals surface area (Å²) in [6.07, 6.45) is 7.52. The Bertz CT molecular complexity index is 611. The highest BCUT2D eigenvalue weighted by Crippen LogP contribution is 2.27. The number of thiophene rings is 1. The maximum absolute atomic E-state index is 12.6. The Hall–Kier alpha value is -1.51. The van der Waals surface area contributed by atoms with Crippen LogP contribution < -0.4 is 11.1 Å². The van der Waals surface area contributed by atoms with Gasteiger partial charge in [-0.2, -0.15) is 4.68 Å². The monoisotopic (exact) mass is 356 g/mol. The first-order valence-corrected chi connectivity index (χ1v) is 8.49. The summed E-state index contributed by atoms with van der Waals surface area (Å²) in [5, 5.41) is 16.0. The second kappa shape index (κ2) is 8.37.